The third-order valence-corrected chi connectivity index (χ3v) is 3.29. The lowest BCUT2D eigenvalue weighted by molar-refractivity contribution is -0.117. The van der Waals surface area contributed by atoms with Crippen LogP contribution in [0, 0.1) is 0 Å². The highest BCUT2D eigenvalue weighted by Crippen LogP contribution is 2.24. The molecule has 6 heteroatoms. The fourth-order valence-corrected chi connectivity index (χ4v) is 2.18. The second kappa shape index (κ2) is 7.08. The predicted molar refractivity (Wildman–Crippen MR) is 80.5 cm³/mol. The van der Waals surface area contributed by atoms with Gasteiger partial charge in [0.25, 0.3) is 0 Å². The third-order valence-electron chi connectivity index (χ3n) is 3.29. The molecule has 1 N–H and O–H groups in total. The number of hydrogen-bond acceptors (Lipinski definition) is 4. The number of rotatable bonds is 4. The molecule has 1 aromatic carbocycles. The lowest BCUT2D eigenvalue weighted by Gasteiger charge is -2.16. The molecule has 0 unspecified atom stereocenters. The number of para-hydroxylation sites is 2. The molecule has 114 valence electrons. The molecule has 6 nitrogen and oxygen atoms in total. The Morgan fingerprint density at radius 2 is 1.90 bits per heavy atom. The summed E-state index contributed by atoms with van der Waals surface area (Å²) in [5.41, 5.74) is 0.511. The van der Waals surface area contributed by atoms with E-state index in [1.807, 2.05) is 0 Å². The number of amides is 2. The molecule has 0 radical (unpaired) electrons. The van der Waals surface area contributed by atoms with E-state index in [1.165, 1.54) is 4.90 Å². The minimum absolute atomic E-state index is 0.0924. The van der Waals surface area contributed by atoms with Crippen LogP contribution >= 0.6 is 0 Å². The van der Waals surface area contributed by atoms with Crippen molar-refractivity contribution in [3.8, 4) is 5.75 Å². The van der Waals surface area contributed by atoms with Crippen LogP contribution in [0.5, 0.6) is 5.75 Å². The molecule has 21 heavy (non-hydrogen) atoms. The SMILES string of the molecule is CN(C)C(=O)Oc1ccccc1NC(=O)CN1CCCC1. The molecule has 1 heterocycles. The van der Waals surface area contributed by atoms with Crippen molar-refractivity contribution in [2.24, 2.45) is 0 Å². The van der Waals surface area contributed by atoms with Gasteiger partial charge in [0, 0.05) is 14.1 Å². The van der Waals surface area contributed by atoms with Crippen molar-refractivity contribution >= 4 is 17.7 Å². The van der Waals surface area contributed by atoms with Crippen molar-refractivity contribution in [3.05, 3.63) is 24.3 Å². The number of benzene rings is 1. The topological polar surface area (TPSA) is 61.9 Å². The largest absolute Gasteiger partial charge is 0.414 e. The molecule has 0 aromatic heterocycles. The average Bonchev–Trinajstić information content (AvgIpc) is 2.93. The number of nitrogens with zero attached hydrogens (tertiary/aromatic N) is 2. The first kappa shape index (κ1) is 15.3. The maximum atomic E-state index is 12.0. The Hall–Kier alpha value is -2.08. The fraction of sp³-hybridized carbons (Fsp3) is 0.467. The van der Waals surface area contributed by atoms with Gasteiger partial charge in [-0.2, -0.15) is 0 Å². The first-order valence-corrected chi connectivity index (χ1v) is 7.06. The van der Waals surface area contributed by atoms with E-state index in [1.54, 1.807) is 38.4 Å². The molecular formula is C15H21N3O3. The minimum Gasteiger partial charge on any atom is -0.408 e. The molecule has 1 saturated heterocycles. The predicted octanol–water partition coefficient (Wildman–Crippen LogP) is 1.78. The Labute approximate surface area is 124 Å². The van der Waals surface area contributed by atoms with Gasteiger partial charge in [-0.1, -0.05) is 12.1 Å². The van der Waals surface area contributed by atoms with Crippen molar-refractivity contribution < 1.29 is 14.3 Å². The highest BCUT2D eigenvalue weighted by atomic mass is 16.6. The van der Waals surface area contributed by atoms with E-state index >= 15 is 0 Å². The van der Waals surface area contributed by atoms with Crippen molar-refractivity contribution in [1.82, 2.24) is 9.80 Å². The van der Waals surface area contributed by atoms with Gasteiger partial charge in [-0.15, -0.1) is 0 Å². The van der Waals surface area contributed by atoms with E-state index in [0.29, 0.717) is 18.0 Å². The summed E-state index contributed by atoms with van der Waals surface area (Å²) in [6.07, 6.45) is 1.81. The van der Waals surface area contributed by atoms with Crippen molar-refractivity contribution in [2.45, 2.75) is 12.8 Å². The lowest BCUT2D eigenvalue weighted by Crippen LogP contribution is -2.31. The maximum Gasteiger partial charge on any atom is 0.414 e. The van der Waals surface area contributed by atoms with Gasteiger partial charge in [0.1, 0.15) is 0 Å². The normalized spacial score (nSPS) is 14.8. The monoisotopic (exact) mass is 291 g/mol. The van der Waals surface area contributed by atoms with E-state index < -0.39 is 6.09 Å². The van der Waals surface area contributed by atoms with E-state index in [9.17, 15) is 9.59 Å². The number of hydrogen-bond donors (Lipinski definition) is 1. The second-order valence-corrected chi connectivity index (χ2v) is 5.29. The quantitative estimate of drug-likeness (QED) is 0.918. The van der Waals surface area contributed by atoms with Gasteiger partial charge in [0.2, 0.25) is 5.91 Å². The smallest absolute Gasteiger partial charge is 0.408 e. The van der Waals surface area contributed by atoms with Gasteiger partial charge in [0.05, 0.1) is 12.2 Å². The molecule has 2 amide bonds. The molecular weight excluding hydrogens is 270 g/mol. The molecule has 2 rings (SSSR count). The van der Waals surface area contributed by atoms with Gasteiger partial charge in [-0.3, -0.25) is 9.69 Å². The van der Waals surface area contributed by atoms with Crippen LogP contribution in [-0.4, -0.2) is 55.5 Å². The molecule has 0 atom stereocenters. The van der Waals surface area contributed by atoms with Crippen LogP contribution in [0.1, 0.15) is 12.8 Å². The van der Waals surface area contributed by atoms with E-state index in [4.69, 9.17) is 4.74 Å². The Kier molecular flexibility index (Phi) is 5.16. The van der Waals surface area contributed by atoms with Crippen LogP contribution in [0.2, 0.25) is 0 Å². The van der Waals surface area contributed by atoms with Gasteiger partial charge in [-0.25, -0.2) is 4.79 Å². The first-order valence-electron chi connectivity index (χ1n) is 7.06. The van der Waals surface area contributed by atoms with Crippen molar-refractivity contribution in [1.29, 1.82) is 0 Å². The zero-order valence-corrected chi connectivity index (χ0v) is 12.5. The summed E-state index contributed by atoms with van der Waals surface area (Å²) in [5, 5.41) is 2.81. The summed E-state index contributed by atoms with van der Waals surface area (Å²) >= 11 is 0. The minimum atomic E-state index is -0.476. The average molecular weight is 291 g/mol. The van der Waals surface area contributed by atoms with E-state index in [-0.39, 0.29) is 5.91 Å². The van der Waals surface area contributed by atoms with Gasteiger partial charge in [-0.05, 0) is 38.1 Å². The van der Waals surface area contributed by atoms with Crippen LogP contribution in [-0.2, 0) is 4.79 Å². The van der Waals surface area contributed by atoms with Crippen LogP contribution in [0.4, 0.5) is 10.5 Å². The van der Waals surface area contributed by atoms with Gasteiger partial charge < -0.3 is 15.0 Å². The highest BCUT2D eigenvalue weighted by molar-refractivity contribution is 5.94. The van der Waals surface area contributed by atoms with Crippen LogP contribution in [0.25, 0.3) is 0 Å². The van der Waals surface area contributed by atoms with Crippen molar-refractivity contribution in [3.63, 3.8) is 0 Å². The van der Waals surface area contributed by atoms with Crippen LogP contribution in [0.15, 0.2) is 24.3 Å². The second-order valence-electron chi connectivity index (χ2n) is 5.29. The van der Waals surface area contributed by atoms with Crippen LogP contribution < -0.4 is 10.1 Å². The first-order chi connectivity index (χ1) is 10.1. The number of nitrogens with one attached hydrogen (secondary N) is 1. The number of likely N-dealkylation sites (tertiary alicyclic amines) is 1. The maximum absolute atomic E-state index is 12.0. The molecule has 0 spiro atoms. The molecule has 0 saturated carbocycles. The Morgan fingerprint density at radius 1 is 1.24 bits per heavy atom. The summed E-state index contributed by atoms with van der Waals surface area (Å²) in [5.74, 6) is 0.260. The number of anilines is 1. The highest BCUT2D eigenvalue weighted by Gasteiger charge is 2.17. The third kappa shape index (κ3) is 4.46. The van der Waals surface area contributed by atoms with E-state index in [0.717, 1.165) is 25.9 Å². The molecule has 0 bridgehead atoms. The molecule has 0 aliphatic carbocycles. The molecule has 1 aliphatic heterocycles. The Morgan fingerprint density at radius 3 is 2.57 bits per heavy atom. The van der Waals surface area contributed by atoms with E-state index in [2.05, 4.69) is 10.2 Å². The molecule has 1 aliphatic rings. The summed E-state index contributed by atoms with van der Waals surface area (Å²) in [4.78, 5) is 27.1. The Balaban J connectivity index is 1.98. The fourth-order valence-electron chi connectivity index (χ4n) is 2.18. The zero-order valence-electron chi connectivity index (χ0n) is 12.5. The summed E-state index contributed by atoms with van der Waals surface area (Å²) in [6, 6.07) is 6.93. The number of ether oxygens (including phenoxy) is 1. The summed E-state index contributed by atoms with van der Waals surface area (Å²) < 4.78 is 5.24. The van der Waals surface area contributed by atoms with Gasteiger partial charge >= 0.3 is 6.09 Å². The summed E-state index contributed by atoms with van der Waals surface area (Å²) in [6.45, 7) is 2.30. The summed E-state index contributed by atoms with van der Waals surface area (Å²) in [7, 11) is 3.22. The van der Waals surface area contributed by atoms with Crippen molar-refractivity contribution in [2.75, 3.05) is 39.0 Å². The van der Waals surface area contributed by atoms with Gasteiger partial charge in [0.15, 0.2) is 5.75 Å². The van der Waals surface area contributed by atoms with Crippen LogP contribution in [0.3, 0.4) is 0 Å². The molecule has 1 aromatic rings. The lowest BCUT2D eigenvalue weighted by atomic mass is 10.3. The number of carbonyl (C=O) groups is 2. The number of carbonyl (C=O) groups excluding carboxylic acids is 2. The molecule has 1 fully saturated rings. The zero-order chi connectivity index (χ0) is 15.2. The standard InChI is InChI=1S/C15H21N3O3/c1-17(2)15(20)21-13-8-4-3-7-12(13)16-14(19)11-18-9-5-6-10-18/h3-4,7-8H,5-6,9-11H2,1-2H3,(H,16,19). The Bertz CT molecular complexity index is 511.